The number of sulfone groups is 1. The SMILES string of the molecule is O=C1N(c2ccc(S(=O)(=O)C(F)(F)F)cc2)C(=O)C2(CC2)N1Cc1ccncc1Cc1ccccc1. The van der Waals surface area contributed by atoms with Crippen LogP contribution in [0.4, 0.5) is 23.7 Å². The summed E-state index contributed by atoms with van der Waals surface area (Å²) in [4.78, 5) is 32.3. The van der Waals surface area contributed by atoms with Crippen LogP contribution >= 0.6 is 0 Å². The zero-order valence-corrected chi connectivity index (χ0v) is 19.6. The summed E-state index contributed by atoms with van der Waals surface area (Å²) >= 11 is 0. The average Bonchev–Trinajstić information content (AvgIpc) is 3.62. The molecule has 0 unspecified atom stereocenters. The van der Waals surface area contributed by atoms with Gasteiger partial charge in [-0.15, -0.1) is 0 Å². The van der Waals surface area contributed by atoms with Gasteiger partial charge in [-0.2, -0.15) is 13.2 Å². The average molecular weight is 516 g/mol. The third kappa shape index (κ3) is 3.93. The molecule has 0 N–H and O–H groups in total. The van der Waals surface area contributed by atoms with E-state index in [1.54, 1.807) is 18.5 Å². The van der Waals surface area contributed by atoms with Crippen LogP contribution < -0.4 is 4.90 Å². The second-order valence-corrected chi connectivity index (χ2v) is 10.7. The standard InChI is InChI=1S/C25H20F3N3O4S/c26-25(27,28)36(34,35)21-8-6-20(7-9-21)31-22(32)24(11-12-24)30(23(31)33)16-18-10-13-29-15-19(18)14-17-4-2-1-3-5-17/h1-10,13,15H,11-12,14,16H2. The molecule has 1 spiro atoms. The Kier molecular flexibility index (Phi) is 5.62. The number of aromatic nitrogens is 1. The first-order valence-electron chi connectivity index (χ1n) is 11.1. The first-order chi connectivity index (χ1) is 17.0. The Hall–Kier alpha value is -3.73. The number of benzene rings is 2. The minimum absolute atomic E-state index is 0.0131. The summed E-state index contributed by atoms with van der Waals surface area (Å²) < 4.78 is 61.9. The van der Waals surface area contributed by atoms with Gasteiger partial charge in [-0.25, -0.2) is 18.1 Å². The van der Waals surface area contributed by atoms with Gasteiger partial charge in [0.25, 0.3) is 15.7 Å². The van der Waals surface area contributed by atoms with Gasteiger partial charge >= 0.3 is 11.5 Å². The lowest BCUT2D eigenvalue weighted by Gasteiger charge is -2.22. The Morgan fingerprint density at radius 3 is 2.19 bits per heavy atom. The smallest absolute Gasteiger partial charge is 0.305 e. The molecule has 1 aliphatic carbocycles. The minimum atomic E-state index is -5.54. The maximum atomic E-state index is 13.4. The van der Waals surface area contributed by atoms with E-state index < -0.39 is 37.7 Å². The highest BCUT2D eigenvalue weighted by Crippen LogP contribution is 2.50. The first-order valence-corrected chi connectivity index (χ1v) is 12.6. The number of carbonyl (C=O) groups excluding carboxylic acids is 2. The molecule has 1 aliphatic heterocycles. The van der Waals surface area contributed by atoms with Crippen molar-refractivity contribution in [1.29, 1.82) is 0 Å². The number of imide groups is 1. The molecule has 2 aromatic carbocycles. The van der Waals surface area contributed by atoms with Gasteiger partial charge in [0.1, 0.15) is 5.54 Å². The molecule has 0 radical (unpaired) electrons. The largest absolute Gasteiger partial charge is 0.501 e. The highest BCUT2D eigenvalue weighted by Gasteiger charge is 2.65. The number of hydrogen-bond acceptors (Lipinski definition) is 5. The monoisotopic (exact) mass is 515 g/mol. The van der Waals surface area contributed by atoms with E-state index in [0.29, 0.717) is 19.3 Å². The molecule has 0 bridgehead atoms. The summed E-state index contributed by atoms with van der Waals surface area (Å²) in [5, 5.41) is 0. The quantitative estimate of drug-likeness (QED) is 0.452. The van der Waals surface area contributed by atoms with E-state index in [0.717, 1.165) is 45.9 Å². The van der Waals surface area contributed by atoms with Crippen LogP contribution in [0, 0.1) is 0 Å². The predicted octanol–water partition coefficient (Wildman–Crippen LogP) is 4.47. The molecule has 7 nitrogen and oxygen atoms in total. The highest BCUT2D eigenvalue weighted by molar-refractivity contribution is 7.92. The van der Waals surface area contributed by atoms with Gasteiger partial charge in [-0.3, -0.25) is 9.78 Å². The van der Waals surface area contributed by atoms with Crippen molar-refractivity contribution in [3.8, 4) is 0 Å². The number of urea groups is 1. The van der Waals surface area contributed by atoms with Crippen molar-refractivity contribution in [2.75, 3.05) is 4.90 Å². The molecular formula is C25H20F3N3O4S. The molecule has 5 rings (SSSR count). The minimum Gasteiger partial charge on any atom is -0.305 e. The van der Waals surface area contributed by atoms with Crippen LogP contribution in [0.15, 0.2) is 78.0 Å². The van der Waals surface area contributed by atoms with Gasteiger partial charge in [0.15, 0.2) is 0 Å². The van der Waals surface area contributed by atoms with Crippen molar-refractivity contribution in [3.63, 3.8) is 0 Å². The molecule has 0 atom stereocenters. The first kappa shape index (κ1) is 24.0. The van der Waals surface area contributed by atoms with Crippen LogP contribution in [0.25, 0.3) is 0 Å². The fourth-order valence-corrected chi connectivity index (χ4v) is 5.19. The molecule has 3 amide bonds. The number of nitrogens with zero attached hydrogens (tertiary/aromatic N) is 3. The maximum absolute atomic E-state index is 13.4. The summed E-state index contributed by atoms with van der Waals surface area (Å²) in [6.07, 6.45) is 4.86. The molecular weight excluding hydrogens is 495 g/mol. The number of halogens is 3. The lowest BCUT2D eigenvalue weighted by atomic mass is 10.0. The van der Waals surface area contributed by atoms with Crippen LogP contribution in [0.2, 0.25) is 0 Å². The third-order valence-electron chi connectivity index (χ3n) is 6.54. The van der Waals surface area contributed by atoms with E-state index in [9.17, 15) is 31.2 Å². The van der Waals surface area contributed by atoms with Crippen molar-refractivity contribution >= 4 is 27.5 Å². The van der Waals surface area contributed by atoms with E-state index in [4.69, 9.17) is 0 Å². The topological polar surface area (TPSA) is 87.7 Å². The molecule has 2 heterocycles. The fourth-order valence-electron chi connectivity index (χ4n) is 4.43. The zero-order chi connectivity index (χ0) is 25.7. The van der Waals surface area contributed by atoms with E-state index in [2.05, 4.69) is 4.98 Å². The molecule has 2 aliphatic rings. The van der Waals surface area contributed by atoms with Crippen LogP contribution in [-0.4, -0.2) is 41.3 Å². The molecule has 36 heavy (non-hydrogen) atoms. The highest BCUT2D eigenvalue weighted by atomic mass is 32.2. The Balaban J connectivity index is 1.42. The van der Waals surface area contributed by atoms with Gasteiger partial charge < -0.3 is 4.90 Å². The number of alkyl halides is 3. The second kappa shape index (κ2) is 8.44. The molecule has 11 heteroatoms. The van der Waals surface area contributed by atoms with E-state index >= 15 is 0 Å². The molecule has 1 saturated heterocycles. The number of amides is 3. The van der Waals surface area contributed by atoms with Gasteiger partial charge in [-0.05, 0) is 66.3 Å². The van der Waals surface area contributed by atoms with Crippen LogP contribution in [0.5, 0.6) is 0 Å². The Labute approximate surface area is 205 Å². The third-order valence-corrected chi connectivity index (χ3v) is 8.05. The number of rotatable bonds is 6. The fraction of sp³-hybridized carbons (Fsp3) is 0.240. The number of carbonyl (C=O) groups is 2. The zero-order valence-electron chi connectivity index (χ0n) is 18.8. The van der Waals surface area contributed by atoms with Crippen LogP contribution in [0.1, 0.15) is 29.5 Å². The molecule has 2 fully saturated rings. The lowest BCUT2D eigenvalue weighted by molar-refractivity contribution is -0.120. The summed E-state index contributed by atoms with van der Waals surface area (Å²) in [6.45, 7) is 0.159. The summed E-state index contributed by atoms with van der Waals surface area (Å²) in [7, 11) is -5.54. The molecule has 1 aromatic heterocycles. The predicted molar refractivity (Wildman–Crippen MR) is 124 cm³/mol. The van der Waals surface area contributed by atoms with Crippen molar-refractivity contribution < 1.29 is 31.2 Å². The van der Waals surface area contributed by atoms with Gasteiger partial charge in [-0.1, -0.05) is 30.3 Å². The van der Waals surface area contributed by atoms with Gasteiger partial charge in [0, 0.05) is 18.9 Å². The Morgan fingerprint density at radius 2 is 1.58 bits per heavy atom. The summed E-state index contributed by atoms with van der Waals surface area (Å²) in [5.74, 6) is -0.474. The number of anilines is 1. The molecule has 3 aromatic rings. The van der Waals surface area contributed by atoms with Gasteiger partial charge in [0.05, 0.1) is 10.6 Å². The Morgan fingerprint density at radius 1 is 0.917 bits per heavy atom. The number of hydrogen-bond donors (Lipinski definition) is 0. The normalized spacial score (nSPS) is 17.2. The molecule has 186 valence electrons. The van der Waals surface area contributed by atoms with Crippen LogP contribution in [-0.2, 0) is 27.6 Å². The summed E-state index contributed by atoms with van der Waals surface area (Å²) in [5.41, 5.74) is -3.66. The van der Waals surface area contributed by atoms with Crippen LogP contribution in [0.3, 0.4) is 0 Å². The van der Waals surface area contributed by atoms with Crippen molar-refractivity contribution in [3.05, 3.63) is 89.7 Å². The van der Waals surface area contributed by atoms with E-state index in [1.165, 1.54) is 4.90 Å². The van der Waals surface area contributed by atoms with E-state index in [-0.39, 0.29) is 12.2 Å². The molecule has 1 saturated carbocycles. The number of pyridine rings is 1. The van der Waals surface area contributed by atoms with Gasteiger partial charge in [0.2, 0.25) is 0 Å². The second-order valence-electron chi connectivity index (χ2n) is 8.79. The van der Waals surface area contributed by atoms with Crippen molar-refractivity contribution in [1.82, 2.24) is 9.88 Å². The summed E-state index contributed by atoms with van der Waals surface area (Å²) in [6, 6.07) is 14.5. The lowest BCUT2D eigenvalue weighted by Crippen LogP contribution is -2.36. The van der Waals surface area contributed by atoms with Crippen molar-refractivity contribution in [2.24, 2.45) is 0 Å². The van der Waals surface area contributed by atoms with E-state index in [1.807, 2.05) is 30.3 Å². The van der Waals surface area contributed by atoms with Crippen molar-refractivity contribution in [2.45, 2.75) is 41.7 Å². The maximum Gasteiger partial charge on any atom is 0.501 e. The Bertz CT molecular complexity index is 1440.